The summed E-state index contributed by atoms with van der Waals surface area (Å²) in [5, 5.41) is 11.9. The van der Waals surface area contributed by atoms with Crippen LogP contribution in [0.3, 0.4) is 0 Å². The highest BCUT2D eigenvalue weighted by atomic mass is 16.4. The van der Waals surface area contributed by atoms with Gasteiger partial charge in [0.25, 0.3) is 0 Å². The normalized spacial score (nSPS) is 11.2. The van der Waals surface area contributed by atoms with Gasteiger partial charge in [-0.15, -0.1) is 0 Å². The Bertz CT molecular complexity index is 827. The molecule has 1 aromatic rings. The van der Waals surface area contributed by atoms with Crippen LogP contribution in [0.1, 0.15) is 135 Å². The number of unbranched alkanes of at least 4 members (excludes halogenated alkanes) is 16. The summed E-state index contributed by atoms with van der Waals surface area (Å²) in [6, 6.07) is -0.932. The maximum absolute atomic E-state index is 12.1. The van der Waals surface area contributed by atoms with E-state index < -0.39 is 12.0 Å². The fourth-order valence-corrected chi connectivity index (χ4v) is 4.20. The van der Waals surface area contributed by atoms with Gasteiger partial charge in [-0.3, -0.25) is 4.79 Å². The Labute approximate surface area is 225 Å². The number of carbonyl (C=O) groups is 2. The predicted molar refractivity (Wildman–Crippen MR) is 151 cm³/mol. The molecule has 0 aliphatic rings. The number of carboxylic acid groups (broad SMARTS) is 1. The second-order valence-corrected chi connectivity index (χ2v) is 9.90. The molecular weight excluding hydrogens is 462 g/mol. The molecule has 0 aromatic carbocycles. The largest absolute Gasteiger partial charge is 0.480 e. The molecule has 6 heteroatoms. The van der Waals surface area contributed by atoms with Crippen LogP contribution in [0.4, 0.5) is 0 Å². The number of aliphatic carboxylic acids is 1. The quantitative estimate of drug-likeness (QED) is 0.116. The van der Waals surface area contributed by atoms with E-state index in [0.717, 1.165) is 51.4 Å². The molecule has 0 saturated heterocycles. The Balaban J connectivity index is 1.90. The van der Waals surface area contributed by atoms with Crippen LogP contribution < -0.4 is 5.32 Å². The molecule has 0 spiro atoms. The van der Waals surface area contributed by atoms with Gasteiger partial charge in [-0.25, -0.2) is 9.78 Å². The number of aromatic nitrogens is 2. The van der Waals surface area contributed by atoms with Gasteiger partial charge < -0.3 is 15.4 Å². The number of H-pyrrole nitrogens is 1. The van der Waals surface area contributed by atoms with Gasteiger partial charge in [0, 0.05) is 37.6 Å². The predicted octanol–water partition coefficient (Wildman–Crippen LogP) is 6.96. The number of hydrogen-bond donors (Lipinski definition) is 3. The van der Waals surface area contributed by atoms with Gasteiger partial charge in [-0.1, -0.05) is 102 Å². The Morgan fingerprint density at radius 2 is 1.35 bits per heavy atom. The van der Waals surface area contributed by atoms with E-state index in [1.807, 2.05) is 0 Å². The first-order chi connectivity index (χ1) is 18.1. The third-order valence-corrected chi connectivity index (χ3v) is 6.46. The molecule has 37 heavy (non-hydrogen) atoms. The van der Waals surface area contributed by atoms with Crippen LogP contribution in [-0.2, 0) is 16.0 Å². The highest BCUT2D eigenvalue weighted by molar-refractivity contribution is 5.83. The molecule has 0 aliphatic carbocycles. The zero-order chi connectivity index (χ0) is 26.8. The van der Waals surface area contributed by atoms with Crippen LogP contribution in [0, 0.1) is 23.7 Å². The molecule has 3 N–H and O–H groups in total. The monoisotopic (exact) mass is 511 g/mol. The number of hydrogen-bond acceptors (Lipinski definition) is 3. The van der Waals surface area contributed by atoms with Crippen LogP contribution in [0.2, 0.25) is 0 Å². The fourth-order valence-electron chi connectivity index (χ4n) is 4.20. The number of aromatic amines is 1. The number of nitrogens with zero attached hydrogens (tertiary/aromatic N) is 1. The molecule has 0 aliphatic heterocycles. The highest BCUT2D eigenvalue weighted by Gasteiger charge is 2.20. The molecule has 0 saturated carbocycles. The van der Waals surface area contributed by atoms with Crippen molar-refractivity contribution >= 4 is 11.9 Å². The van der Waals surface area contributed by atoms with E-state index in [4.69, 9.17) is 0 Å². The first-order valence-corrected chi connectivity index (χ1v) is 14.6. The van der Waals surface area contributed by atoms with Gasteiger partial charge >= 0.3 is 5.97 Å². The maximum atomic E-state index is 12.1. The zero-order valence-electron chi connectivity index (χ0n) is 23.1. The van der Waals surface area contributed by atoms with Gasteiger partial charge in [0.05, 0.1) is 6.33 Å². The van der Waals surface area contributed by atoms with E-state index in [0.29, 0.717) is 12.1 Å². The molecule has 0 bridgehead atoms. The van der Waals surface area contributed by atoms with Crippen molar-refractivity contribution in [3.05, 3.63) is 18.2 Å². The molecular formula is C31H49N3O3. The molecule has 6 nitrogen and oxygen atoms in total. The van der Waals surface area contributed by atoms with Crippen molar-refractivity contribution < 1.29 is 14.7 Å². The minimum absolute atomic E-state index is 0.203. The standard InChI is InChI=1S/C31H49N3O3/c1-2-3-4-5-6-7-8-9-10-11-12-13-14-15-16-17-18-19-20-21-22-23-24-30(35)34-29(31(36)37)25-28-26-32-27-33-28/h26-27,29H,2-12,17-25H2,1H3,(H,32,33)(H,34,35)(H,36,37)/t29-/m0/s1. The van der Waals surface area contributed by atoms with Crippen LogP contribution in [-0.4, -0.2) is 33.0 Å². The third kappa shape index (κ3) is 20.1. The summed E-state index contributed by atoms with van der Waals surface area (Å²) in [7, 11) is 0. The molecule has 1 atom stereocenters. The molecule has 0 radical (unpaired) electrons. The molecule has 1 amide bonds. The topological polar surface area (TPSA) is 95.1 Å². The van der Waals surface area contributed by atoms with Gasteiger partial charge in [0.15, 0.2) is 0 Å². The minimum atomic E-state index is -1.04. The van der Waals surface area contributed by atoms with Crippen LogP contribution in [0.25, 0.3) is 0 Å². The number of carboxylic acids is 1. The number of nitrogens with one attached hydrogen (secondary N) is 2. The van der Waals surface area contributed by atoms with Crippen molar-refractivity contribution in [3.63, 3.8) is 0 Å². The third-order valence-electron chi connectivity index (χ3n) is 6.46. The van der Waals surface area contributed by atoms with Crippen LogP contribution in [0.15, 0.2) is 12.5 Å². The van der Waals surface area contributed by atoms with E-state index in [1.54, 1.807) is 6.20 Å². The Morgan fingerprint density at radius 3 is 1.84 bits per heavy atom. The molecule has 0 fully saturated rings. The van der Waals surface area contributed by atoms with E-state index in [1.165, 1.54) is 70.5 Å². The number of imidazole rings is 1. The second-order valence-electron chi connectivity index (χ2n) is 9.90. The van der Waals surface area contributed by atoms with E-state index in [-0.39, 0.29) is 12.3 Å². The average Bonchev–Trinajstić information content (AvgIpc) is 3.40. The number of carbonyl (C=O) groups excluding carboxylic acids is 1. The van der Waals surface area contributed by atoms with Crippen molar-refractivity contribution in [3.8, 4) is 23.7 Å². The van der Waals surface area contributed by atoms with Gasteiger partial charge in [-0.2, -0.15) is 0 Å². The van der Waals surface area contributed by atoms with Gasteiger partial charge in [0.2, 0.25) is 5.91 Å². The Morgan fingerprint density at radius 1 is 0.838 bits per heavy atom. The fraction of sp³-hybridized carbons (Fsp3) is 0.710. The first-order valence-electron chi connectivity index (χ1n) is 14.6. The van der Waals surface area contributed by atoms with Gasteiger partial charge in [0.1, 0.15) is 6.04 Å². The first kappa shape index (κ1) is 32.3. The lowest BCUT2D eigenvalue weighted by molar-refractivity contribution is -0.141. The van der Waals surface area contributed by atoms with Crippen molar-refractivity contribution in [2.24, 2.45) is 0 Å². The smallest absolute Gasteiger partial charge is 0.326 e. The van der Waals surface area contributed by atoms with Crippen LogP contribution >= 0.6 is 0 Å². The zero-order valence-corrected chi connectivity index (χ0v) is 23.1. The lowest BCUT2D eigenvalue weighted by Crippen LogP contribution is -2.42. The summed E-state index contributed by atoms with van der Waals surface area (Å²) in [5.41, 5.74) is 0.689. The maximum Gasteiger partial charge on any atom is 0.326 e. The summed E-state index contributed by atoms with van der Waals surface area (Å²) in [6.07, 6.45) is 25.2. The number of amides is 1. The second kappa shape index (κ2) is 23.7. The van der Waals surface area contributed by atoms with Crippen molar-refractivity contribution in [2.45, 2.75) is 141 Å². The van der Waals surface area contributed by atoms with E-state index >= 15 is 0 Å². The Hall–Kier alpha value is -2.73. The summed E-state index contributed by atoms with van der Waals surface area (Å²) in [4.78, 5) is 30.2. The molecule has 1 rings (SSSR count). The highest BCUT2D eigenvalue weighted by Crippen LogP contribution is 2.11. The lowest BCUT2D eigenvalue weighted by atomic mass is 10.1. The minimum Gasteiger partial charge on any atom is -0.480 e. The van der Waals surface area contributed by atoms with E-state index in [9.17, 15) is 14.7 Å². The molecule has 206 valence electrons. The summed E-state index contributed by atoms with van der Waals surface area (Å²) < 4.78 is 0. The Kier molecular flexibility index (Phi) is 20.7. The molecule has 0 unspecified atom stereocenters. The summed E-state index contributed by atoms with van der Waals surface area (Å²) in [5.74, 6) is 11.1. The van der Waals surface area contributed by atoms with Gasteiger partial charge in [-0.05, 0) is 31.1 Å². The van der Waals surface area contributed by atoms with Crippen molar-refractivity contribution in [2.75, 3.05) is 0 Å². The summed E-state index contributed by atoms with van der Waals surface area (Å²) in [6.45, 7) is 2.27. The SMILES string of the molecule is CCCCCCCCCCCCC#CC#CCCCCCCCCC(=O)N[C@@H](Cc1cnc[nH]1)C(=O)O. The number of rotatable bonds is 22. The molecule has 1 heterocycles. The average molecular weight is 512 g/mol. The van der Waals surface area contributed by atoms with Crippen molar-refractivity contribution in [1.29, 1.82) is 0 Å². The summed E-state index contributed by atoms with van der Waals surface area (Å²) >= 11 is 0. The van der Waals surface area contributed by atoms with E-state index in [2.05, 4.69) is 45.9 Å². The van der Waals surface area contributed by atoms with Crippen molar-refractivity contribution in [1.82, 2.24) is 15.3 Å². The van der Waals surface area contributed by atoms with Crippen LogP contribution in [0.5, 0.6) is 0 Å². The molecule has 1 aromatic heterocycles. The lowest BCUT2D eigenvalue weighted by Gasteiger charge is -2.13.